The van der Waals surface area contributed by atoms with Crippen LogP contribution in [-0.4, -0.2) is 30.1 Å². The molecular formula is C15H22N2O. The molecule has 1 aromatic rings. The molecule has 0 spiro atoms. The van der Waals surface area contributed by atoms with Crippen LogP contribution in [0.1, 0.15) is 26.3 Å². The standard InChI is InChI=1S/C15H22N2O/c1-15(2,3)14-16-13(18)12(17(14)4)10-11-8-6-5-7-9-11/h5-9,12,14H,10H2,1-4H3,(H,16,18). The van der Waals surface area contributed by atoms with E-state index in [1.54, 1.807) is 0 Å². The lowest BCUT2D eigenvalue weighted by Crippen LogP contribution is -2.45. The molecule has 1 aliphatic rings. The van der Waals surface area contributed by atoms with Crippen molar-refractivity contribution in [3.63, 3.8) is 0 Å². The van der Waals surface area contributed by atoms with E-state index in [0.29, 0.717) is 0 Å². The van der Waals surface area contributed by atoms with E-state index >= 15 is 0 Å². The highest BCUT2D eigenvalue weighted by atomic mass is 16.2. The molecule has 98 valence electrons. The van der Waals surface area contributed by atoms with Crippen LogP contribution in [0, 0.1) is 5.41 Å². The predicted molar refractivity (Wildman–Crippen MR) is 73.1 cm³/mol. The zero-order chi connectivity index (χ0) is 13.3. The van der Waals surface area contributed by atoms with Gasteiger partial charge in [-0.15, -0.1) is 0 Å². The van der Waals surface area contributed by atoms with Crippen LogP contribution in [0.5, 0.6) is 0 Å². The van der Waals surface area contributed by atoms with Gasteiger partial charge in [-0.25, -0.2) is 0 Å². The summed E-state index contributed by atoms with van der Waals surface area (Å²) in [5.74, 6) is 0.140. The maximum absolute atomic E-state index is 12.1. The van der Waals surface area contributed by atoms with E-state index in [4.69, 9.17) is 0 Å². The minimum Gasteiger partial charge on any atom is -0.339 e. The lowest BCUT2D eigenvalue weighted by atomic mass is 9.92. The Morgan fingerprint density at radius 3 is 2.33 bits per heavy atom. The van der Waals surface area contributed by atoms with Crippen molar-refractivity contribution in [2.45, 2.75) is 39.4 Å². The van der Waals surface area contributed by atoms with Gasteiger partial charge in [0.2, 0.25) is 5.91 Å². The number of rotatable bonds is 2. The zero-order valence-corrected chi connectivity index (χ0v) is 11.6. The molecule has 0 aliphatic carbocycles. The molecule has 0 saturated carbocycles. The van der Waals surface area contributed by atoms with Gasteiger partial charge in [0.15, 0.2) is 0 Å². The summed E-state index contributed by atoms with van der Waals surface area (Å²) in [7, 11) is 2.03. The van der Waals surface area contributed by atoms with Crippen molar-refractivity contribution < 1.29 is 4.79 Å². The number of nitrogens with one attached hydrogen (secondary N) is 1. The van der Waals surface area contributed by atoms with Gasteiger partial charge in [0.1, 0.15) is 0 Å². The van der Waals surface area contributed by atoms with Gasteiger partial charge in [0.25, 0.3) is 0 Å². The van der Waals surface area contributed by atoms with Crippen molar-refractivity contribution >= 4 is 5.91 Å². The topological polar surface area (TPSA) is 32.3 Å². The molecule has 0 bridgehead atoms. The second-order valence-corrected chi connectivity index (χ2v) is 6.15. The molecule has 1 aliphatic heterocycles. The van der Waals surface area contributed by atoms with E-state index in [1.165, 1.54) is 5.56 Å². The van der Waals surface area contributed by atoms with Gasteiger partial charge in [-0.05, 0) is 24.4 Å². The average Bonchev–Trinajstić information content (AvgIpc) is 2.58. The minimum absolute atomic E-state index is 0.0514. The lowest BCUT2D eigenvalue weighted by molar-refractivity contribution is -0.121. The molecule has 1 aromatic carbocycles. The fourth-order valence-electron chi connectivity index (χ4n) is 2.60. The SMILES string of the molecule is CN1C(Cc2ccccc2)C(=O)NC1C(C)(C)C. The van der Waals surface area contributed by atoms with E-state index in [0.717, 1.165) is 6.42 Å². The summed E-state index contributed by atoms with van der Waals surface area (Å²) in [4.78, 5) is 14.3. The first-order chi connectivity index (χ1) is 8.39. The molecule has 2 unspecified atom stereocenters. The van der Waals surface area contributed by atoms with Gasteiger partial charge >= 0.3 is 0 Å². The average molecular weight is 246 g/mol. The molecule has 0 radical (unpaired) electrons. The Bertz CT molecular complexity index is 422. The molecule has 0 aromatic heterocycles. The first-order valence-corrected chi connectivity index (χ1v) is 6.46. The summed E-state index contributed by atoms with van der Waals surface area (Å²) in [6.45, 7) is 6.46. The largest absolute Gasteiger partial charge is 0.339 e. The van der Waals surface area contributed by atoms with Gasteiger partial charge in [-0.3, -0.25) is 9.69 Å². The highest BCUT2D eigenvalue weighted by Crippen LogP contribution is 2.28. The van der Waals surface area contributed by atoms with Gasteiger partial charge < -0.3 is 5.32 Å². The molecule has 1 heterocycles. The highest BCUT2D eigenvalue weighted by Gasteiger charge is 2.42. The van der Waals surface area contributed by atoms with Crippen LogP contribution < -0.4 is 5.32 Å². The Hall–Kier alpha value is -1.35. The fourth-order valence-corrected chi connectivity index (χ4v) is 2.60. The van der Waals surface area contributed by atoms with Gasteiger partial charge in [0.05, 0.1) is 12.2 Å². The van der Waals surface area contributed by atoms with Crippen molar-refractivity contribution in [2.75, 3.05) is 7.05 Å². The number of amides is 1. The fraction of sp³-hybridized carbons (Fsp3) is 0.533. The minimum atomic E-state index is -0.0587. The zero-order valence-electron chi connectivity index (χ0n) is 11.6. The van der Waals surface area contributed by atoms with Crippen LogP contribution in [0.15, 0.2) is 30.3 Å². The summed E-state index contributed by atoms with van der Waals surface area (Å²) in [5.41, 5.74) is 1.26. The molecule has 3 heteroatoms. The molecule has 1 fully saturated rings. The van der Waals surface area contributed by atoms with Crippen LogP contribution in [-0.2, 0) is 11.2 Å². The summed E-state index contributed by atoms with van der Waals surface area (Å²) >= 11 is 0. The summed E-state index contributed by atoms with van der Waals surface area (Å²) in [6.07, 6.45) is 0.883. The third kappa shape index (κ3) is 2.56. The van der Waals surface area contributed by atoms with Crippen LogP contribution in [0.25, 0.3) is 0 Å². The lowest BCUT2D eigenvalue weighted by Gasteiger charge is -2.33. The number of hydrogen-bond acceptors (Lipinski definition) is 2. The first-order valence-electron chi connectivity index (χ1n) is 6.46. The summed E-state index contributed by atoms with van der Waals surface area (Å²) in [5, 5.41) is 3.10. The van der Waals surface area contributed by atoms with Crippen molar-refractivity contribution in [1.29, 1.82) is 0 Å². The normalized spacial score (nSPS) is 25.2. The van der Waals surface area contributed by atoms with E-state index in [-0.39, 0.29) is 23.5 Å². The number of carbonyl (C=O) groups is 1. The quantitative estimate of drug-likeness (QED) is 0.866. The predicted octanol–water partition coefficient (Wildman–Crippen LogP) is 2.03. The molecule has 18 heavy (non-hydrogen) atoms. The highest BCUT2D eigenvalue weighted by molar-refractivity contribution is 5.84. The Morgan fingerprint density at radius 1 is 1.22 bits per heavy atom. The van der Waals surface area contributed by atoms with Crippen molar-refractivity contribution in [2.24, 2.45) is 5.41 Å². The van der Waals surface area contributed by atoms with Crippen LogP contribution in [0.4, 0.5) is 0 Å². The van der Waals surface area contributed by atoms with Gasteiger partial charge in [0, 0.05) is 0 Å². The van der Waals surface area contributed by atoms with Crippen molar-refractivity contribution in [1.82, 2.24) is 10.2 Å². The summed E-state index contributed by atoms with van der Waals surface area (Å²) < 4.78 is 0. The van der Waals surface area contributed by atoms with Gasteiger partial charge in [-0.1, -0.05) is 51.1 Å². The number of nitrogens with zero attached hydrogens (tertiary/aromatic N) is 1. The van der Waals surface area contributed by atoms with Crippen molar-refractivity contribution in [3.8, 4) is 0 Å². The Morgan fingerprint density at radius 2 is 1.83 bits per heavy atom. The molecule has 2 rings (SSSR count). The number of carbonyl (C=O) groups excluding carboxylic acids is 1. The van der Waals surface area contributed by atoms with E-state index in [2.05, 4.69) is 43.1 Å². The van der Waals surface area contributed by atoms with Crippen molar-refractivity contribution in [3.05, 3.63) is 35.9 Å². The first kappa shape index (κ1) is 13.1. The van der Waals surface area contributed by atoms with E-state index in [1.807, 2.05) is 25.2 Å². The molecular weight excluding hydrogens is 224 g/mol. The second kappa shape index (κ2) is 4.73. The monoisotopic (exact) mass is 246 g/mol. The Balaban J connectivity index is 2.13. The molecule has 1 amide bonds. The third-order valence-corrected chi connectivity index (χ3v) is 3.57. The number of benzene rings is 1. The van der Waals surface area contributed by atoms with Gasteiger partial charge in [-0.2, -0.15) is 0 Å². The van der Waals surface area contributed by atoms with Crippen LogP contribution in [0.2, 0.25) is 0 Å². The molecule has 1 saturated heterocycles. The number of likely N-dealkylation sites (N-methyl/N-ethyl adjacent to an activating group) is 1. The molecule has 1 N–H and O–H groups in total. The molecule has 3 nitrogen and oxygen atoms in total. The summed E-state index contributed by atoms with van der Waals surface area (Å²) in [6, 6.07) is 10.1. The van der Waals surface area contributed by atoms with Crippen LogP contribution in [0.3, 0.4) is 0 Å². The molecule has 2 atom stereocenters. The van der Waals surface area contributed by atoms with E-state index < -0.39 is 0 Å². The Kier molecular flexibility index (Phi) is 3.44. The maximum Gasteiger partial charge on any atom is 0.238 e. The van der Waals surface area contributed by atoms with Crippen LogP contribution >= 0.6 is 0 Å². The smallest absolute Gasteiger partial charge is 0.238 e. The third-order valence-electron chi connectivity index (χ3n) is 3.57. The maximum atomic E-state index is 12.1. The number of hydrogen-bond donors (Lipinski definition) is 1. The Labute approximate surface area is 109 Å². The van der Waals surface area contributed by atoms with E-state index in [9.17, 15) is 4.79 Å². The second-order valence-electron chi connectivity index (χ2n) is 6.15.